The molecule has 118 valence electrons. The molecule has 0 radical (unpaired) electrons. The van der Waals surface area contributed by atoms with Gasteiger partial charge in [0.15, 0.2) is 0 Å². The summed E-state index contributed by atoms with van der Waals surface area (Å²) in [7, 11) is -2.26. The second kappa shape index (κ2) is 7.79. The van der Waals surface area contributed by atoms with E-state index in [-0.39, 0.29) is 36.0 Å². The van der Waals surface area contributed by atoms with Crippen molar-refractivity contribution in [3.63, 3.8) is 0 Å². The molecule has 8 heteroatoms. The van der Waals surface area contributed by atoms with Gasteiger partial charge in [0, 0.05) is 26.6 Å². The molecule has 0 unspecified atom stereocenters. The van der Waals surface area contributed by atoms with Crippen LogP contribution in [0.1, 0.15) is 12.0 Å². The highest BCUT2D eigenvalue weighted by Crippen LogP contribution is 2.21. The van der Waals surface area contributed by atoms with Crippen molar-refractivity contribution in [3.05, 3.63) is 29.6 Å². The number of benzene rings is 1. The molecule has 0 saturated heterocycles. The number of methoxy groups -OCH3 is 1. The molecule has 0 aliphatic heterocycles. The summed E-state index contributed by atoms with van der Waals surface area (Å²) in [6.07, 6.45) is 0.276. The first-order valence-electron chi connectivity index (χ1n) is 6.32. The quantitative estimate of drug-likeness (QED) is 0.729. The number of hydrogen-bond acceptors (Lipinski definition) is 4. The molecule has 0 spiro atoms. The molecule has 0 aromatic heterocycles. The Hall–Kier alpha value is -1.09. The Labute approximate surface area is 129 Å². The molecule has 1 aromatic rings. The van der Waals surface area contributed by atoms with E-state index in [0.29, 0.717) is 5.56 Å². The SMILES string of the molecule is COCCN(CCC(N)=S)S(=O)(=O)c1ccc(F)cc1C. The summed E-state index contributed by atoms with van der Waals surface area (Å²) in [6.45, 7) is 2.14. The fraction of sp³-hybridized carbons (Fsp3) is 0.462. The van der Waals surface area contributed by atoms with E-state index in [4.69, 9.17) is 22.7 Å². The average molecular weight is 334 g/mol. The van der Waals surface area contributed by atoms with Crippen molar-refractivity contribution < 1.29 is 17.5 Å². The second-order valence-corrected chi connectivity index (χ2v) is 6.95. The lowest BCUT2D eigenvalue weighted by atomic mass is 10.2. The highest BCUT2D eigenvalue weighted by molar-refractivity contribution is 7.89. The summed E-state index contributed by atoms with van der Waals surface area (Å²) in [5.41, 5.74) is 5.78. The smallest absolute Gasteiger partial charge is 0.243 e. The topological polar surface area (TPSA) is 72.6 Å². The van der Waals surface area contributed by atoms with Crippen LogP contribution in [0.5, 0.6) is 0 Å². The lowest BCUT2D eigenvalue weighted by Gasteiger charge is -2.22. The van der Waals surface area contributed by atoms with Crippen LogP contribution in [0.3, 0.4) is 0 Å². The molecule has 0 atom stereocenters. The zero-order chi connectivity index (χ0) is 16.0. The first kappa shape index (κ1) is 18.0. The van der Waals surface area contributed by atoms with Gasteiger partial charge in [-0.2, -0.15) is 4.31 Å². The molecule has 5 nitrogen and oxygen atoms in total. The van der Waals surface area contributed by atoms with Crippen LogP contribution in [0.2, 0.25) is 0 Å². The highest BCUT2D eigenvalue weighted by Gasteiger charge is 2.25. The summed E-state index contributed by atoms with van der Waals surface area (Å²) < 4.78 is 44.6. The van der Waals surface area contributed by atoms with Crippen LogP contribution in [0.25, 0.3) is 0 Å². The number of nitrogens with two attached hydrogens (primary N) is 1. The molecule has 0 aliphatic rings. The van der Waals surface area contributed by atoms with Crippen molar-refractivity contribution in [1.29, 1.82) is 0 Å². The number of hydrogen-bond donors (Lipinski definition) is 1. The molecule has 0 amide bonds. The monoisotopic (exact) mass is 334 g/mol. The van der Waals surface area contributed by atoms with Gasteiger partial charge in [0.05, 0.1) is 16.5 Å². The van der Waals surface area contributed by atoms with Crippen LogP contribution in [0.4, 0.5) is 4.39 Å². The summed E-state index contributed by atoms with van der Waals surface area (Å²) >= 11 is 4.78. The Morgan fingerprint density at radius 3 is 2.62 bits per heavy atom. The number of halogens is 1. The van der Waals surface area contributed by atoms with Gasteiger partial charge in [-0.3, -0.25) is 0 Å². The van der Waals surface area contributed by atoms with Crippen LogP contribution in [0, 0.1) is 12.7 Å². The highest BCUT2D eigenvalue weighted by atomic mass is 32.2. The Morgan fingerprint density at radius 1 is 1.43 bits per heavy atom. The maximum absolute atomic E-state index is 13.1. The average Bonchev–Trinajstić information content (AvgIpc) is 2.37. The van der Waals surface area contributed by atoms with Crippen LogP contribution in [-0.2, 0) is 14.8 Å². The molecule has 0 bridgehead atoms. The van der Waals surface area contributed by atoms with Gasteiger partial charge in [-0.25, -0.2) is 12.8 Å². The lowest BCUT2D eigenvalue weighted by Crippen LogP contribution is -2.36. The first-order chi connectivity index (χ1) is 9.78. The van der Waals surface area contributed by atoms with Crippen LogP contribution < -0.4 is 5.73 Å². The maximum atomic E-state index is 13.1. The van der Waals surface area contributed by atoms with Gasteiger partial charge in [0.1, 0.15) is 5.82 Å². The summed E-state index contributed by atoms with van der Waals surface area (Å²) in [4.78, 5) is 0.311. The molecule has 1 aromatic carbocycles. The van der Waals surface area contributed by atoms with Gasteiger partial charge in [-0.05, 0) is 30.7 Å². The fourth-order valence-electron chi connectivity index (χ4n) is 1.82. The van der Waals surface area contributed by atoms with E-state index >= 15 is 0 Å². The largest absolute Gasteiger partial charge is 0.393 e. The van der Waals surface area contributed by atoms with Crippen LogP contribution >= 0.6 is 12.2 Å². The van der Waals surface area contributed by atoms with E-state index < -0.39 is 15.8 Å². The molecule has 0 fully saturated rings. The first-order valence-corrected chi connectivity index (χ1v) is 8.17. The molecule has 2 N–H and O–H groups in total. The second-order valence-electron chi connectivity index (χ2n) is 4.52. The molecule has 0 heterocycles. The van der Waals surface area contributed by atoms with E-state index in [1.54, 1.807) is 6.92 Å². The van der Waals surface area contributed by atoms with E-state index in [2.05, 4.69) is 0 Å². The van der Waals surface area contributed by atoms with Crippen LogP contribution in [-0.4, -0.2) is 44.5 Å². The maximum Gasteiger partial charge on any atom is 0.243 e. The minimum atomic E-state index is -3.74. The van der Waals surface area contributed by atoms with Crippen LogP contribution in [0.15, 0.2) is 23.1 Å². The van der Waals surface area contributed by atoms with Gasteiger partial charge in [-0.15, -0.1) is 0 Å². The minimum Gasteiger partial charge on any atom is -0.393 e. The minimum absolute atomic E-state index is 0.0722. The molecule has 0 saturated carbocycles. The summed E-state index contributed by atoms with van der Waals surface area (Å²) in [5, 5.41) is 0. The van der Waals surface area contributed by atoms with Gasteiger partial charge in [-0.1, -0.05) is 12.2 Å². The number of sulfonamides is 1. The van der Waals surface area contributed by atoms with Crippen molar-refractivity contribution >= 4 is 27.2 Å². The molecule has 1 rings (SSSR count). The van der Waals surface area contributed by atoms with E-state index in [1.165, 1.54) is 23.5 Å². The predicted octanol–water partition coefficient (Wildman–Crippen LogP) is 1.45. The summed E-state index contributed by atoms with van der Waals surface area (Å²) in [5.74, 6) is -0.474. The van der Waals surface area contributed by atoms with Crippen molar-refractivity contribution in [3.8, 4) is 0 Å². The number of aryl methyl sites for hydroxylation is 1. The van der Waals surface area contributed by atoms with E-state index in [0.717, 1.165) is 6.07 Å². The third-order valence-corrected chi connectivity index (χ3v) is 5.17. The predicted molar refractivity (Wildman–Crippen MR) is 83.2 cm³/mol. The lowest BCUT2D eigenvalue weighted by molar-refractivity contribution is 0.179. The number of ether oxygens (including phenoxy) is 1. The Balaban J connectivity index is 3.09. The standard InChI is InChI=1S/C13H19FN2O3S2/c1-10-9-11(14)3-4-12(10)21(17,18)16(7-8-19-2)6-5-13(15)20/h3-4,9H,5-8H2,1-2H3,(H2,15,20). The van der Waals surface area contributed by atoms with E-state index in [9.17, 15) is 12.8 Å². The summed E-state index contributed by atoms with van der Waals surface area (Å²) in [6, 6.07) is 3.58. The molecule has 21 heavy (non-hydrogen) atoms. The Morgan fingerprint density at radius 2 is 2.10 bits per heavy atom. The van der Waals surface area contributed by atoms with Crippen molar-refractivity contribution in [2.45, 2.75) is 18.2 Å². The Kier molecular flexibility index (Phi) is 6.66. The zero-order valence-electron chi connectivity index (χ0n) is 12.0. The van der Waals surface area contributed by atoms with Crippen molar-refractivity contribution in [1.82, 2.24) is 4.31 Å². The van der Waals surface area contributed by atoms with Gasteiger partial charge in [0.25, 0.3) is 0 Å². The molecular weight excluding hydrogens is 315 g/mol. The molecule has 0 aliphatic carbocycles. The molecular formula is C13H19FN2O3S2. The van der Waals surface area contributed by atoms with Gasteiger partial charge < -0.3 is 10.5 Å². The van der Waals surface area contributed by atoms with E-state index in [1.807, 2.05) is 0 Å². The third-order valence-electron chi connectivity index (χ3n) is 2.91. The third kappa shape index (κ3) is 4.99. The van der Waals surface area contributed by atoms with Crippen molar-refractivity contribution in [2.24, 2.45) is 5.73 Å². The van der Waals surface area contributed by atoms with Gasteiger partial charge in [0.2, 0.25) is 10.0 Å². The van der Waals surface area contributed by atoms with Gasteiger partial charge >= 0.3 is 0 Å². The number of rotatable bonds is 8. The fourth-order valence-corrected chi connectivity index (χ4v) is 3.54. The van der Waals surface area contributed by atoms with Crippen molar-refractivity contribution in [2.75, 3.05) is 26.8 Å². The number of thiocarbonyl (C=S) groups is 1. The zero-order valence-corrected chi connectivity index (χ0v) is 13.6. The number of nitrogens with zero attached hydrogens (tertiary/aromatic N) is 1. The normalized spacial score (nSPS) is 11.8. The Bertz CT molecular complexity index is 605.